The third kappa shape index (κ3) is 2.81. The Balaban J connectivity index is 2.06. The first-order chi connectivity index (χ1) is 8.63. The summed E-state index contributed by atoms with van der Waals surface area (Å²) in [6, 6.07) is 0.322. The highest BCUT2D eigenvalue weighted by molar-refractivity contribution is 7.08. The number of thiophene rings is 1. The standard InChI is InChI=1S/C12H17N3O2S/c1-8-6-18-7-10(8)12(16)15(9-2-3-9)5-4-11(13)14-17/h6-7,9,17H,2-5H2,1H3,(H2,13,14). The average molecular weight is 267 g/mol. The number of rotatable bonds is 5. The zero-order valence-electron chi connectivity index (χ0n) is 10.3. The molecule has 1 fully saturated rings. The number of aryl methyl sites for hydroxylation is 1. The van der Waals surface area contributed by atoms with Crippen molar-refractivity contribution in [3.05, 3.63) is 21.9 Å². The number of amidine groups is 1. The zero-order chi connectivity index (χ0) is 13.1. The van der Waals surface area contributed by atoms with Crippen LogP contribution in [0, 0.1) is 6.92 Å². The lowest BCUT2D eigenvalue weighted by molar-refractivity contribution is 0.0747. The topological polar surface area (TPSA) is 78.9 Å². The van der Waals surface area contributed by atoms with Crippen molar-refractivity contribution < 1.29 is 10.0 Å². The lowest BCUT2D eigenvalue weighted by atomic mass is 10.2. The number of hydrogen-bond donors (Lipinski definition) is 2. The summed E-state index contributed by atoms with van der Waals surface area (Å²) in [6.07, 6.45) is 2.50. The summed E-state index contributed by atoms with van der Waals surface area (Å²) in [4.78, 5) is 14.2. The van der Waals surface area contributed by atoms with Gasteiger partial charge in [0.15, 0.2) is 0 Å². The molecule has 0 aromatic carbocycles. The smallest absolute Gasteiger partial charge is 0.255 e. The molecule has 0 saturated heterocycles. The van der Waals surface area contributed by atoms with Crippen LogP contribution >= 0.6 is 11.3 Å². The maximum Gasteiger partial charge on any atom is 0.255 e. The van der Waals surface area contributed by atoms with Gasteiger partial charge < -0.3 is 15.8 Å². The van der Waals surface area contributed by atoms with Crippen LogP contribution in [-0.2, 0) is 0 Å². The van der Waals surface area contributed by atoms with Crippen LogP contribution in [0.2, 0.25) is 0 Å². The van der Waals surface area contributed by atoms with E-state index in [4.69, 9.17) is 10.9 Å². The molecule has 2 rings (SSSR count). The van der Waals surface area contributed by atoms with Gasteiger partial charge in [-0.3, -0.25) is 4.79 Å². The predicted octanol–water partition coefficient (Wildman–Crippen LogP) is 1.80. The molecule has 1 aliphatic carbocycles. The lowest BCUT2D eigenvalue weighted by Crippen LogP contribution is -2.36. The highest BCUT2D eigenvalue weighted by atomic mass is 32.1. The van der Waals surface area contributed by atoms with E-state index in [0.717, 1.165) is 24.0 Å². The second kappa shape index (κ2) is 5.39. The van der Waals surface area contributed by atoms with Gasteiger partial charge in [-0.15, -0.1) is 0 Å². The van der Waals surface area contributed by atoms with Gasteiger partial charge in [0.2, 0.25) is 0 Å². The second-order valence-electron chi connectivity index (χ2n) is 4.54. The van der Waals surface area contributed by atoms with Crippen LogP contribution in [0.25, 0.3) is 0 Å². The van der Waals surface area contributed by atoms with Crippen molar-refractivity contribution in [2.75, 3.05) is 6.54 Å². The van der Waals surface area contributed by atoms with Gasteiger partial charge in [-0.2, -0.15) is 11.3 Å². The molecule has 1 aliphatic rings. The van der Waals surface area contributed by atoms with E-state index in [9.17, 15) is 4.79 Å². The first-order valence-electron chi connectivity index (χ1n) is 5.93. The van der Waals surface area contributed by atoms with Crippen molar-refractivity contribution >= 4 is 23.1 Å². The molecule has 1 saturated carbocycles. The van der Waals surface area contributed by atoms with Crippen LogP contribution in [0.3, 0.4) is 0 Å². The van der Waals surface area contributed by atoms with Crippen molar-refractivity contribution in [1.29, 1.82) is 0 Å². The molecule has 1 heterocycles. The molecular formula is C12H17N3O2S. The van der Waals surface area contributed by atoms with E-state index < -0.39 is 0 Å². The SMILES string of the molecule is Cc1cscc1C(=O)N(CCC(N)=NO)C1CC1. The molecule has 0 spiro atoms. The summed E-state index contributed by atoms with van der Waals surface area (Å²) >= 11 is 1.54. The first-order valence-corrected chi connectivity index (χ1v) is 6.88. The molecule has 6 heteroatoms. The molecule has 3 N–H and O–H groups in total. The third-order valence-electron chi connectivity index (χ3n) is 3.07. The Morgan fingerprint density at radius 3 is 2.83 bits per heavy atom. The Morgan fingerprint density at radius 1 is 1.61 bits per heavy atom. The van der Waals surface area contributed by atoms with Gasteiger partial charge in [-0.1, -0.05) is 5.16 Å². The number of amides is 1. The maximum atomic E-state index is 12.4. The minimum absolute atomic E-state index is 0.0574. The van der Waals surface area contributed by atoms with Crippen LogP contribution in [0.5, 0.6) is 0 Å². The molecule has 98 valence electrons. The number of oxime groups is 1. The van der Waals surface area contributed by atoms with E-state index >= 15 is 0 Å². The van der Waals surface area contributed by atoms with Crippen molar-refractivity contribution in [3.63, 3.8) is 0 Å². The fraction of sp³-hybridized carbons (Fsp3) is 0.500. The van der Waals surface area contributed by atoms with Gasteiger partial charge in [0.25, 0.3) is 5.91 Å². The first kappa shape index (κ1) is 12.9. The van der Waals surface area contributed by atoms with Gasteiger partial charge in [0, 0.05) is 24.4 Å². The van der Waals surface area contributed by atoms with Crippen LogP contribution < -0.4 is 5.73 Å². The lowest BCUT2D eigenvalue weighted by Gasteiger charge is -2.22. The van der Waals surface area contributed by atoms with Crippen LogP contribution in [0.1, 0.15) is 35.2 Å². The van der Waals surface area contributed by atoms with Crippen LogP contribution in [-0.4, -0.2) is 34.4 Å². The Kier molecular flexibility index (Phi) is 3.86. The molecule has 0 unspecified atom stereocenters. The average Bonchev–Trinajstić information content (AvgIpc) is 3.10. The van der Waals surface area contributed by atoms with Gasteiger partial charge in [-0.25, -0.2) is 0 Å². The Bertz CT molecular complexity index is 466. The predicted molar refractivity (Wildman–Crippen MR) is 71.1 cm³/mol. The third-order valence-corrected chi connectivity index (χ3v) is 3.93. The van der Waals surface area contributed by atoms with Crippen molar-refractivity contribution in [3.8, 4) is 0 Å². The van der Waals surface area contributed by atoms with E-state index in [2.05, 4.69) is 5.16 Å². The van der Waals surface area contributed by atoms with E-state index in [1.807, 2.05) is 22.6 Å². The largest absolute Gasteiger partial charge is 0.409 e. The fourth-order valence-electron chi connectivity index (χ4n) is 1.86. The summed E-state index contributed by atoms with van der Waals surface area (Å²) in [5, 5.41) is 15.3. The summed E-state index contributed by atoms with van der Waals surface area (Å²) in [7, 11) is 0. The Hall–Kier alpha value is -1.56. The van der Waals surface area contributed by atoms with Crippen molar-refractivity contribution in [1.82, 2.24) is 4.90 Å². The van der Waals surface area contributed by atoms with Gasteiger partial charge in [0.1, 0.15) is 5.84 Å². The van der Waals surface area contributed by atoms with E-state index in [0.29, 0.717) is 19.0 Å². The quantitative estimate of drug-likeness (QED) is 0.369. The molecule has 1 amide bonds. The second-order valence-corrected chi connectivity index (χ2v) is 5.28. The number of nitrogens with two attached hydrogens (primary N) is 1. The summed E-state index contributed by atoms with van der Waals surface area (Å²) in [6.45, 7) is 2.45. The Labute approximate surface area is 110 Å². The van der Waals surface area contributed by atoms with E-state index in [1.54, 1.807) is 0 Å². The number of carbonyl (C=O) groups excluding carboxylic acids is 1. The number of hydrogen-bond acceptors (Lipinski definition) is 4. The van der Waals surface area contributed by atoms with Gasteiger partial charge in [0.05, 0.1) is 5.56 Å². The van der Waals surface area contributed by atoms with Crippen LogP contribution in [0.15, 0.2) is 15.9 Å². The molecule has 0 atom stereocenters. The molecule has 5 nitrogen and oxygen atoms in total. The molecule has 1 aromatic heterocycles. The molecule has 1 aromatic rings. The fourth-order valence-corrected chi connectivity index (χ4v) is 2.68. The summed E-state index contributed by atoms with van der Waals surface area (Å²) in [5.41, 5.74) is 7.24. The van der Waals surface area contributed by atoms with Crippen molar-refractivity contribution in [2.24, 2.45) is 10.9 Å². The number of carbonyl (C=O) groups is 1. The van der Waals surface area contributed by atoms with Crippen molar-refractivity contribution in [2.45, 2.75) is 32.2 Å². The molecule has 0 aliphatic heterocycles. The van der Waals surface area contributed by atoms with Crippen LogP contribution in [0.4, 0.5) is 0 Å². The minimum Gasteiger partial charge on any atom is -0.409 e. The highest BCUT2D eigenvalue weighted by Gasteiger charge is 2.33. The molecule has 0 radical (unpaired) electrons. The zero-order valence-corrected chi connectivity index (χ0v) is 11.1. The summed E-state index contributed by atoms with van der Waals surface area (Å²) in [5.74, 6) is 0.220. The van der Waals surface area contributed by atoms with Gasteiger partial charge in [-0.05, 0) is 30.7 Å². The molecule has 18 heavy (non-hydrogen) atoms. The van der Waals surface area contributed by atoms with Gasteiger partial charge >= 0.3 is 0 Å². The highest BCUT2D eigenvalue weighted by Crippen LogP contribution is 2.29. The maximum absolute atomic E-state index is 12.4. The van der Waals surface area contributed by atoms with E-state index in [-0.39, 0.29) is 11.7 Å². The molecular weight excluding hydrogens is 250 g/mol. The Morgan fingerprint density at radius 2 is 2.33 bits per heavy atom. The van der Waals surface area contributed by atoms with E-state index in [1.165, 1.54) is 11.3 Å². The summed E-state index contributed by atoms with van der Waals surface area (Å²) < 4.78 is 0. The normalized spacial score (nSPS) is 15.7. The minimum atomic E-state index is 0.0574. The monoisotopic (exact) mass is 267 g/mol. The molecule has 0 bridgehead atoms. The number of nitrogens with zero attached hydrogens (tertiary/aromatic N) is 2.